The Morgan fingerprint density at radius 2 is 1.76 bits per heavy atom. The summed E-state index contributed by atoms with van der Waals surface area (Å²) >= 11 is 1.71. The second-order valence-corrected chi connectivity index (χ2v) is 11.3. The van der Waals surface area contributed by atoms with Gasteiger partial charge in [-0.05, 0) is 77.2 Å². The van der Waals surface area contributed by atoms with Crippen molar-refractivity contribution in [2.24, 2.45) is 5.92 Å². The van der Waals surface area contributed by atoms with Crippen molar-refractivity contribution in [3.8, 4) is 5.75 Å². The van der Waals surface area contributed by atoms with E-state index in [2.05, 4.69) is 37.4 Å². The molecule has 1 aliphatic rings. The number of thiophene rings is 1. The molecule has 1 aromatic heterocycles. The number of nitrogens with zero attached hydrogens (tertiary/aromatic N) is 2. The summed E-state index contributed by atoms with van der Waals surface area (Å²) in [5, 5.41) is 2.06. The highest BCUT2D eigenvalue weighted by molar-refractivity contribution is 7.10. The maximum Gasteiger partial charge on any atom is 0.254 e. The summed E-state index contributed by atoms with van der Waals surface area (Å²) in [6.07, 6.45) is 0.786. The lowest BCUT2D eigenvalue weighted by Crippen LogP contribution is -2.48. The third-order valence-corrected chi connectivity index (χ3v) is 7.66. The monoisotopic (exact) mass is 522 g/mol. The average Bonchev–Trinajstić information content (AvgIpc) is 3.36. The quantitative estimate of drug-likeness (QED) is 0.331. The fourth-order valence-electron chi connectivity index (χ4n) is 4.69. The van der Waals surface area contributed by atoms with Gasteiger partial charge < -0.3 is 14.5 Å². The molecule has 0 unspecified atom stereocenters. The first kappa shape index (κ1) is 26.9. The standard InChI is InChI=1S/C30H35FN2O3S/c1-20(2)17-32(30(35)23-5-9-24(31)10-6-23)18-29(34)33-15-13-28-26(14-16-37-28)27(33)19-36-25-11-7-22(8-12-25)21(3)4/h5-12,14,16,20-21,27H,13,15,17-19H2,1-4H3/t27-/m1/s1. The SMILES string of the molecule is CC(C)CN(CC(=O)N1CCc2sccc2[C@H]1COc1ccc(C(C)C)cc1)C(=O)c1ccc(F)cc1. The van der Waals surface area contributed by atoms with E-state index in [1.165, 1.54) is 34.7 Å². The number of fused-ring (bicyclic) bond motifs is 1. The Hall–Kier alpha value is -3.19. The van der Waals surface area contributed by atoms with E-state index in [-0.39, 0.29) is 30.3 Å². The number of hydrogen-bond acceptors (Lipinski definition) is 4. The van der Waals surface area contributed by atoms with E-state index < -0.39 is 5.82 Å². The molecular formula is C30H35FN2O3S. The fraction of sp³-hybridized carbons (Fsp3) is 0.400. The van der Waals surface area contributed by atoms with Crippen LogP contribution in [0.4, 0.5) is 4.39 Å². The van der Waals surface area contributed by atoms with Gasteiger partial charge in [-0.15, -0.1) is 11.3 Å². The lowest BCUT2D eigenvalue weighted by atomic mass is 10.00. The Balaban J connectivity index is 1.51. The molecule has 0 aliphatic carbocycles. The zero-order chi connectivity index (χ0) is 26.5. The number of halogens is 1. The maximum atomic E-state index is 13.7. The minimum atomic E-state index is -0.399. The van der Waals surface area contributed by atoms with Gasteiger partial charge in [0.25, 0.3) is 5.91 Å². The van der Waals surface area contributed by atoms with E-state index in [1.54, 1.807) is 16.2 Å². The van der Waals surface area contributed by atoms with Crippen molar-refractivity contribution >= 4 is 23.2 Å². The van der Waals surface area contributed by atoms with Gasteiger partial charge in [0.2, 0.25) is 5.91 Å². The molecule has 0 bridgehead atoms. The Morgan fingerprint density at radius 1 is 1.05 bits per heavy atom. The largest absolute Gasteiger partial charge is 0.491 e. The Kier molecular flexibility index (Phi) is 8.64. The summed E-state index contributed by atoms with van der Waals surface area (Å²) in [6.45, 7) is 9.64. The maximum absolute atomic E-state index is 13.7. The van der Waals surface area contributed by atoms with Gasteiger partial charge in [-0.2, -0.15) is 0 Å². The van der Waals surface area contributed by atoms with E-state index in [4.69, 9.17) is 4.74 Å². The zero-order valence-corrected chi connectivity index (χ0v) is 22.8. The second-order valence-electron chi connectivity index (χ2n) is 10.3. The zero-order valence-electron chi connectivity index (χ0n) is 21.9. The van der Waals surface area contributed by atoms with Gasteiger partial charge >= 0.3 is 0 Å². The average molecular weight is 523 g/mol. The molecule has 37 heavy (non-hydrogen) atoms. The highest BCUT2D eigenvalue weighted by Gasteiger charge is 2.33. The van der Waals surface area contributed by atoms with Crippen LogP contribution < -0.4 is 4.74 Å². The second kappa shape index (κ2) is 11.9. The molecule has 0 saturated heterocycles. The van der Waals surface area contributed by atoms with Gasteiger partial charge in [-0.3, -0.25) is 9.59 Å². The number of ether oxygens (including phenoxy) is 1. The summed E-state index contributed by atoms with van der Waals surface area (Å²) in [5.41, 5.74) is 2.74. The molecule has 0 radical (unpaired) electrons. The third kappa shape index (κ3) is 6.58. The first-order valence-electron chi connectivity index (χ1n) is 12.9. The van der Waals surface area contributed by atoms with E-state index in [9.17, 15) is 14.0 Å². The fourth-order valence-corrected chi connectivity index (χ4v) is 5.62. The molecule has 4 rings (SSSR count). The number of carbonyl (C=O) groups is 2. The van der Waals surface area contributed by atoms with Crippen molar-refractivity contribution < 1.29 is 18.7 Å². The van der Waals surface area contributed by atoms with E-state index >= 15 is 0 Å². The Labute approximate surface area is 222 Å². The Bertz CT molecular complexity index is 1200. The summed E-state index contributed by atoms with van der Waals surface area (Å²) < 4.78 is 19.6. The molecule has 196 valence electrons. The van der Waals surface area contributed by atoms with E-state index in [1.807, 2.05) is 30.9 Å². The predicted octanol–water partition coefficient (Wildman–Crippen LogP) is 6.31. The number of carbonyl (C=O) groups excluding carboxylic acids is 2. The normalized spacial score (nSPS) is 15.1. The minimum Gasteiger partial charge on any atom is -0.491 e. The van der Waals surface area contributed by atoms with Crippen molar-refractivity contribution in [1.82, 2.24) is 9.80 Å². The lowest BCUT2D eigenvalue weighted by Gasteiger charge is -2.37. The molecular weight excluding hydrogens is 487 g/mol. The number of hydrogen-bond donors (Lipinski definition) is 0. The van der Waals surface area contributed by atoms with Gasteiger partial charge in [0.05, 0.1) is 6.04 Å². The first-order chi connectivity index (χ1) is 17.7. The molecule has 0 spiro atoms. The van der Waals surface area contributed by atoms with Crippen molar-refractivity contribution in [2.75, 3.05) is 26.2 Å². The number of rotatable bonds is 9. The van der Waals surface area contributed by atoms with Gasteiger partial charge in [0, 0.05) is 23.5 Å². The van der Waals surface area contributed by atoms with Crippen LogP contribution in [0.15, 0.2) is 60.0 Å². The van der Waals surface area contributed by atoms with E-state index in [0.717, 1.165) is 17.7 Å². The first-order valence-corrected chi connectivity index (χ1v) is 13.7. The van der Waals surface area contributed by atoms with Crippen LogP contribution in [0.1, 0.15) is 66.0 Å². The highest BCUT2D eigenvalue weighted by atomic mass is 32.1. The summed E-state index contributed by atoms with van der Waals surface area (Å²) in [5.74, 6) is 0.608. The minimum absolute atomic E-state index is 0.0343. The highest BCUT2D eigenvalue weighted by Crippen LogP contribution is 2.34. The summed E-state index contributed by atoms with van der Waals surface area (Å²) in [7, 11) is 0. The third-order valence-electron chi connectivity index (χ3n) is 6.66. The molecule has 0 saturated carbocycles. The topological polar surface area (TPSA) is 49.9 Å². The Morgan fingerprint density at radius 3 is 2.41 bits per heavy atom. The van der Waals surface area contributed by atoms with Crippen LogP contribution >= 0.6 is 11.3 Å². The molecule has 3 aromatic rings. The van der Waals surface area contributed by atoms with Gasteiger partial charge in [-0.25, -0.2) is 4.39 Å². The van der Waals surface area contributed by atoms with E-state index in [0.29, 0.717) is 31.2 Å². The van der Waals surface area contributed by atoms with Crippen LogP contribution in [0.25, 0.3) is 0 Å². The van der Waals surface area contributed by atoms with Gasteiger partial charge in [-0.1, -0.05) is 39.8 Å². The molecule has 1 atom stereocenters. The molecule has 0 N–H and O–H groups in total. The summed E-state index contributed by atoms with van der Waals surface area (Å²) in [4.78, 5) is 31.6. The van der Waals surface area contributed by atoms with Gasteiger partial charge in [0.15, 0.2) is 0 Å². The van der Waals surface area contributed by atoms with Crippen molar-refractivity contribution in [3.63, 3.8) is 0 Å². The van der Waals surface area contributed by atoms with Crippen molar-refractivity contribution in [3.05, 3.63) is 87.4 Å². The number of amides is 2. The molecule has 2 aromatic carbocycles. The number of benzene rings is 2. The molecule has 7 heteroatoms. The molecule has 2 heterocycles. The molecule has 2 amide bonds. The van der Waals surface area contributed by atoms with Crippen LogP contribution in [0.2, 0.25) is 0 Å². The lowest BCUT2D eigenvalue weighted by molar-refractivity contribution is -0.135. The van der Waals surface area contributed by atoms with Crippen LogP contribution in [0.3, 0.4) is 0 Å². The molecule has 0 fully saturated rings. The van der Waals surface area contributed by atoms with Crippen LogP contribution in [-0.2, 0) is 11.2 Å². The predicted molar refractivity (Wildman–Crippen MR) is 146 cm³/mol. The molecule has 1 aliphatic heterocycles. The summed E-state index contributed by atoms with van der Waals surface area (Å²) in [6, 6.07) is 15.4. The van der Waals surface area contributed by atoms with Crippen LogP contribution in [0, 0.1) is 11.7 Å². The van der Waals surface area contributed by atoms with Crippen molar-refractivity contribution in [1.29, 1.82) is 0 Å². The van der Waals surface area contributed by atoms with Crippen LogP contribution in [-0.4, -0.2) is 47.9 Å². The smallest absolute Gasteiger partial charge is 0.254 e. The van der Waals surface area contributed by atoms with Crippen molar-refractivity contribution in [2.45, 2.75) is 46.1 Å². The molecule has 5 nitrogen and oxygen atoms in total. The van der Waals surface area contributed by atoms with Gasteiger partial charge in [0.1, 0.15) is 24.7 Å². The van der Waals surface area contributed by atoms with Crippen LogP contribution in [0.5, 0.6) is 5.75 Å².